The monoisotopic (exact) mass is 383 g/mol. The largest absolute Gasteiger partial charge is 0.373 e. The van der Waals surface area contributed by atoms with Crippen molar-refractivity contribution in [3.63, 3.8) is 0 Å². The molecule has 4 rings (SSSR count). The van der Waals surface area contributed by atoms with Crippen LogP contribution in [0.4, 0.5) is 10.2 Å². The van der Waals surface area contributed by atoms with Crippen LogP contribution in [0.2, 0.25) is 0 Å². The van der Waals surface area contributed by atoms with Crippen LogP contribution in [0.15, 0.2) is 24.3 Å². The first kappa shape index (κ1) is 18.8. The molecular formula is C21H26FN5O. The molecule has 3 heterocycles. The Kier molecular flexibility index (Phi) is 5.52. The zero-order valence-corrected chi connectivity index (χ0v) is 16.2. The van der Waals surface area contributed by atoms with E-state index in [0.29, 0.717) is 6.54 Å². The van der Waals surface area contributed by atoms with E-state index in [9.17, 15) is 9.18 Å². The SMILES string of the molecule is CNc1nc([C@H]2CCCCN2C(=O)Cc2ccc(F)cc2)nc2c1CCNC2. The number of anilines is 1. The van der Waals surface area contributed by atoms with E-state index in [-0.39, 0.29) is 24.2 Å². The molecule has 7 heteroatoms. The van der Waals surface area contributed by atoms with Crippen molar-refractivity contribution in [3.8, 4) is 0 Å². The van der Waals surface area contributed by atoms with Crippen molar-refractivity contribution in [2.24, 2.45) is 0 Å². The van der Waals surface area contributed by atoms with Gasteiger partial charge in [0.05, 0.1) is 18.2 Å². The molecule has 1 saturated heterocycles. The van der Waals surface area contributed by atoms with E-state index in [1.165, 1.54) is 17.7 Å². The minimum atomic E-state index is -0.289. The van der Waals surface area contributed by atoms with Gasteiger partial charge in [0.25, 0.3) is 0 Å². The number of piperidine rings is 1. The zero-order valence-electron chi connectivity index (χ0n) is 16.2. The predicted octanol–water partition coefficient (Wildman–Crippen LogP) is 2.60. The molecule has 2 aliphatic heterocycles. The van der Waals surface area contributed by atoms with Gasteiger partial charge in [0, 0.05) is 25.7 Å². The average Bonchev–Trinajstić information content (AvgIpc) is 2.74. The van der Waals surface area contributed by atoms with E-state index in [1.54, 1.807) is 12.1 Å². The number of fused-ring (bicyclic) bond motifs is 1. The van der Waals surface area contributed by atoms with Crippen molar-refractivity contribution in [2.75, 3.05) is 25.5 Å². The second-order valence-corrected chi connectivity index (χ2v) is 7.43. The smallest absolute Gasteiger partial charge is 0.227 e. The van der Waals surface area contributed by atoms with E-state index in [2.05, 4.69) is 10.6 Å². The Morgan fingerprint density at radius 3 is 2.89 bits per heavy atom. The molecule has 1 aromatic heterocycles. The van der Waals surface area contributed by atoms with Crippen molar-refractivity contribution in [1.82, 2.24) is 20.2 Å². The predicted molar refractivity (Wildman–Crippen MR) is 105 cm³/mol. The third-order valence-corrected chi connectivity index (χ3v) is 5.58. The second kappa shape index (κ2) is 8.22. The van der Waals surface area contributed by atoms with Gasteiger partial charge < -0.3 is 15.5 Å². The normalized spacial score (nSPS) is 19.2. The number of nitrogens with zero attached hydrogens (tertiary/aromatic N) is 3. The Morgan fingerprint density at radius 2 is 2.11 bits per heavy atom. The average molecular weight is 383 g/mol. The molecule has 2 aliphatic rings. The summed E-state index contributed by atoms with van der Waals surface area (Å²) in [6, 6.07) is 6.03. The van der Waals surface area contributed by atoms with Gasteiger partial charge in [-0.3, -0.25) is 4.79 Å². The van der Waals surface area contributed by atoms with Crippen molar-refractivity contribution < 1.29 is 9.18 Å². The summed E-state index contributed by atoms with van der Waals surface area (Å²) >= 11 is 0. The maximum Gasteiger partial charge on any atom is 0.227 e. The lowest BCUT2D eigenvalue weighted by Crippen LogP contribution is -2.40. The van der Waals surface area contributed by atoms with Crippen LogP contribution in [0, 0.1) is 5.82 Å². The minimum Gasteiger partial charge on any atom is -0.373 e. The molecule has 1 amide bonds. The minimum absolute atomic E-state index is 0.0433. The lowest BCUT2D eigenvalue weighted by molar-refractivity contribution is -0.134. The first-order valence-corrected chi connectivity index (χ1v) is 9.98. The van der Waals surface area contributed by atoms with Crippen LogP contribution in [-0.4, -0.2) is 40.9 Å². The molecule has 1 atom stereocenters. The van der Waals surface area contributed by atoms with Gasteiger partial charge in [0.1, 0.15) is 11.6 Å². The van der Waals surface area contributed by atoms with Gasteiger partial charge in [0.15, 0.2) is 5.82 Å². The van der Waals surface area contributed by atoms with Gasteiger partial charge in [-0.15, -0.1) is 0 Å². The number of carbonyl (C=O) groups excluding carboxylic acids is 1. The first-order valence-electron chi connectivity index (χ1n) is 9.98. The molecule has 0 radical (unpaired) electrons. The highest BCUT2D eigenvalue weighted by molar-refractivity contribution is 5.79. The van der Waals surface area contributed by atoms with Gasteiger partial charge in [-0.25, -0.2) is 14.4 Å². The summed E-state index contributed by atoms with van der Waals surface area (Å²) in [6.45, 7) is 2.37. The van der Waals surface area contributed by atoms with Crippen LogP contribution < -0.4 is 10.6 Å². The summed E-state index contributed by atoms with van der Waals surface area (Å²) < 4.78 is 13.1. The first-order chi connectivity index (χ1) is 13.7. The van der Waals surface area contributed by atoms with Gasteiger partial charge >= 0.3 is 0 Å². The van der Waals surface area contributed by atoms with Crippen LogP contribution >= 0.6 is 0 Å². The molecule has 6 nitrogen and oxygen atoms in total. The van der Waals surface area contributed by atoms with E-state index < -0.39 is 0 Å². The summed E-state index contributed by atoms with van der Waals surface area (Å²) in [5.74, 6) is 1.35. The highest BCUT2D eigenvalue weighted by Crippen LogP contribution is 2.32. The van der Waals surface area contributed by atoms with Crippen LogP contribution in [0.3, 0.4) is 0 Å². The maximum absolute atomic E-state index is 13.1. The standard InChI is InChI=1S/C21H26FN5O/c1-23-20-16-9-10-24-13-17(16)25-21(26-20)18-4-2-3-11-27(18)19(28)12-14-5-7-15(22)8-6-14/h5-8,18,24H,2-4,9-13H2,1H3,(H,23,25,26)/t18-/m1/s1. The Hall–Kier alpha value is -2.54. The number of hydrogen-bond donors (Lipinski definition) is 2. The van der Waals surface area contributed by atoms with E-state index in [4.69, 9.17) is 9.97 Å². The molecule has 2 N–H and O–H groups in total. The Morgan fingerprint density at radius 1 is 1.29 bits per heavy atom. The number of hydrogen-bond acceptors (Lipinski definition) is 5. The maximum atomic E-state index is 13.1. The van der Waals surface area contributed by atoms with Crippen LogP contribution in [0.1, 0.15) is 47.9 Å². The van der Waals surface area contributed by atoms with Gasteiger partial charge in [0.2, 0.25) is 5.91 Å². The number of likely N-dealkylation sites (tertiary alicyclic amines) is 1. The zero-order chi connectivity index (χ0) is 19.5. The molecule has 0 unspecified atom stereocenters. The fourth-order valence-electron chi connectivity index (χ4n) is 4.11. The van der Waals surface area contributed by atoms with Gasteiger partial charge in [-0.05, 0) is 49.9 Å². The molecule has 0 spiro atoms. The number of halogens is 1. The number of benzene rings is 1. The highest BCUT2D eigenvalue weighted by Gasteiger charge is 2.31. The lowest BCUT2D eigenvalue weighted by atomic mass is 9.99. The fourth-order valence-corrected chi connectivity index (χ4v) is 4.11. The third kappa shape index (κ3) is 3.85. The van der Waals surface area contributed by atoms with Gasteiger partial charge in [-0.1, -0.05) is 12.1 Å². The molecule has 28 heavy (non-hydrogen) atoms. The fraction of sp³-hybridized carbons (Fsp3) is 0.476. The van der Waals surface area contributed by atoms with E-state index in [0.717, 1.165) is 61.7 Å². The lowest BCUT2D eigenvalue weighted by Gasteiger charge is -2.35. The molecule has 0 saturated carbocycles. The van der Waals surface area contributed by atoms with Crippen molar-refractivity contribution in [2.45, 2.75) is 44.7 Å². The molecule has 0 bridgehead atoms. The Balaban J connectivity index is 1.60. The Labute approximate surface area is 164 Å². The second-order valence-electron chi connectivity index (χ2n) is 7.43. The molecule has 148 valence electrons. The summed E-state index contributed by atoms with van der Waals surface area (Å²) in [5.41, 5.74) is 3.02. The van der Waals surface area contributed by atoms with Crippen molar-refractivity contribution in [1.29, 1.82) is 0 Å². The van der Waals surface area contributed by atoms with Crippen LogP contribution in [0.25, 0.3) is 0 Å². The highest BCUT2D eigenvalue weighted by atomic mass is 19.1. The molecule has 1 aromatic carbocycles. The van der Waals surface area contributed by atoms with Crippen molar-refractivity contribution >= 4 is 11.7 Å². The molecule has 2 aromatic rings. The topological polar surface area (TPSA) is 70.2 Å². The van der Waals surface area contributed by atoms with Crippen LogP contribution in [-0.2, 0) is 24.2 Å². The number of carbonyl (C=O) groups is 1. The number of amides is 1. The molecule has 1 fully saturated rings. The van der Waals surface area contributed by atoms with Crippen molar-refractivity contribution in [3.05, 3.63) is 52.7 Å². The summed E-state index contributed by atoms with van der Waals surface area (Å²) in [6.07, 6.45) is 4.08. The number of aromatic nitrogens is 2. The number of nitrogens with one attached hydrogen (secondary N) is 2. The quantitative estimate of drug-likeness (QED) is 0.849. The summed E-state index contributed by atoms with van der Waals surface area (Å²) in [4.78, 5) is 24.6. The third-order valence-electron chi connectivity index (χ3n) is 5.58. The van der Waals surface area contributed by atoms with E-state index in [1.807, 2.05) is 11.9 Å². The van der Waals surface area contributed by atoms with Gasteiger partial charge in [-0.2, -0.15) is 0 Å². The van der Waals surface area contributed by atoms with E-state index >= 15 is 0 Å². The van der Waals surface area contributed by atoms with Crippen LogP contribution in [0.5, 0.6) is 0 Å². The number of rotatable bonds is 4. The summed E-state index contributed by atoms with van der Waals surface area (Å²) in [7, 11) is 1.88. The summed E-state index contributed by atoms with van der Waals surface area (Å²) in [5, 5.41) is 6.57. The molecule has 0 aliphatic carbocycles. The Bertz CT molecular complexity index is 837. The molecular weight excluding hydrogens is 357 g/mol.